The number of benzene rings is 1. The summed E-state index contributed by atoms with van der Waals surface area (Å²) in [7, 11) is 0. The second-order valence-corrected chi connectivity index (χ2v) is 5.32. The minimum absolute atomic E-state index is 0.119. The predicted octanol–water partition coefficient (Wildman–Crippen LogP) is 3.28. The topological polar surface area (TPSA) is 78.4 Å². The van der Waals surface area contributed by atoms with Gasteiger partial charge < -0.3 is 10.4 Å². The maximum absolute atomic E-state index is 13.0. The predicted molar refractivity (Wildman–Crippen MR) is 74.8 cm³/mol. The SMILES string of the molecule is CC(=O)NC(=O)Nc1cc(C)c(C(O)(C(F)(F)F)C(F)(F)F)cc1C. The molecule has 0 unspecified atom stereocenters. The van der Waals surface area contributed by atoms with E-state index in [0.29, 0.717) is 6.07 Å². The smallest absolute Gasteiger partial charge is 0.369 e. The molecule has 0 heterocycles. The third-order valence-electron chi connectivity index (χ3n) is 3.32. The number of aryl methyl sites for hydroxylation is 2. The summed E-state index contributed by atoms with van der Waals surface area (Å²) in [5, 5.41) is 13.4. The number of rotatable bonds is 2. The molecule has 0 saturated heterocycles. The Morgan fingerprint density at radius 2 is 1.44 bits per heavy atom. The number of halogens is 6. The van der Waals surface area contributed by atoms with Gasteiger partial charge in [0.05, 0.1) is 0 Å². The summed E-state index contributed by atoms with van der Waals surface area (Å²) < 4.78 is 77.8. The van der Waals surface area contributed by atoms with Crippen LogP contribution in [0.2, 0.25) is 0 Å². The number of aliphatic hydroxyl groups is 1. The largest absolute Gasteiger partial charge is 0.430 e. The van der Waals surface area contributed by atoms with E-state index in [9.17, 15) is 41.0 Å². The lowest BCUT2D eigenvalue weighted by Gasteiger charge is -2.34. The fourth-order valence-electron chi connectivity index (χ4n) is 2.12. The molecule has 1 aromatic carbocycles. The van der Waals surface area contributed by atoms with Crippen molar-refractivity contribution in [1.29, 1.82) is 0 Å². The molecule has 3 N–H and O–H groups in total. The molecular formula is C14H14F6N2O3. The number of carbonyl (C=O) groups excluding carboxylic acids is 2. The van der Waals surface area contributed by atoms with Crippen LogP contribution < -0.4 is 10.6 Å². The summed E-state index contributed by atoms with van der Waals surface area (Å²) in [5.41, 5.74) is -7.31. The van der Waals surface area contributed by atoms with Crippen LogP contribution in [0.5, 0.6) is 0 Å². The van der Waals surface area contributed by atoms with Crippen molar-refractivity contribution in [3.05, 3.63) is 28.8 Å². The molecule has 0 fully saturated rings. The van der Waals surface area contributed by atoms with Gasteiger partial charge in [0.2, 0.25) is 5.91 Å². The van der Waals surface area contributed by atoms with Crippen molar-refractivity contribution in [2.75, 3.05) is 5.32 Å². The van der Waals surface area contributed by atoms with Gasteiger partial charge in [0.1, 0.15) is 0 Å². The third-order valence-corrected chi connectivity index (χ3v) is 3.32. The zero-order valence-corrected chi connectivity index (χ0v) is 13.2. The average molecular weight is 372 g/mol. The molecule has 0 aromatic heterocycles. The van der Waals surface area contributed by atoms with Gasteiger partial charge in [-0.15, -0.1) is 0 Å². The second kappa shape index (κ2) is 6.54. The van der Waals surface area contributed by atoms with Crippen molar-refractivity contribution in [3.63, 3.8) is 0 Å². The van der Waals surface area contributed by atoms with Crippen LogP contribution in [0.15, 0.2) is 12.1 Å². The molecule has 1 aromatic rings. The van der Waals surface area contributed by atoms with Gasteiger partial charge in [-0.1, -0.05) is 6.07 Å². The molecular weight excluding hydrogens is 358 g/mol. The second-order valence-electron chi connectivity index (χ2n) is 5.32. The van der Waals surface area contributed by atoms with Gasteiger partial charge in [-0.2, -0.15) is 26.3 Å². The normalized spacial score (nSPS) is 12.7. The number of anilines is 1. The van der Waals surface area contributed by atoms with Crippen LogP contribution in [0.25, 0.3) is 0 Å². The fourth-order valence-corrected chi connectivity index (χ4v) is 2.12. The van der Waals surface area contributed by atoms with E-state index in [-0.39, 0.29) is 11.3 Å². The Bertz CT molecular complexity index is 683. The number of urea groups is 1. The monoisotopic (exact) mass is 372 g/mol. The summed E-state index contributed by atoms with van der Waals surface area (Å²) >= 11 is 0. The van der Waals surface area contributed by atoms with Gasteiger partial charge in [-0.3, -0.25) is 10.1 Å². The Morgan fingerprint density at radius 3 is 1.84 bits per heavy atom. The van der Waals surface area contributed by atoms with Crippen LogP contribution in [0.3, 0.4) is 0 Å². The highest BCUT2D eigenvalue weighted by atomic mass is 19.4. The highest BCUT2D eigenvalue weighted by Gasteiger charge is 2.71. The lowest BCUT2D eigenvalue weighted by atomic mass is 9.87. The maximum Gasteiger partial charge on any atom is 0.430 e. The highest BCUT2D eigenvalue weighted by Crippen LogP contribution is 2.51. The zero-order chi connectivity index (χ0) is 19.8. The minimum atomic E-state index is -6.01. The number of amides is 3. The molecule has 0 spiro atoms. The molecule has 0 aliphatic rings. The number of hydrogen-bond acceptors (Lipinski definition) is 3. The molecule has 0 bridgehead atoms. The number of alkyl halides is 6. The first kappa shape index (κ1) is 20.7. The van der Waals surface area contributed by atoms with E-state index in [1.54, 1.807) is 0 Å². The van der Waals surface area contributed by atoms with Gasteiger partial charge in [0, 0.05) is 18.2 Å². The van der Waals surface area contributed by atoms with Crippen LogP contribution in [0.4, 0.5) is 36.8 Å². The molecule has 3 amide bonds. The minimum Gasteiger partial charge on any atom is -0.369 e. The molecule has 11 heteroatoms. The van der Waals surface area contributed by atoms with Crippen molar-refractivity contribution >= 4 is 17.6 Å². The zero-order valence-electron chi connectivity index (χ0n) is 13.2. The Balaban J connectivity index is 3.43. The summed E-state index contributed by atoms with van der Waals surface area (Å²) in [4.78, 5) is 22.2. The molecule has 25 heavy (non-hydrogen) atoms. The van der Waals surface area contributed by atoms with E-state index in [0.717, 1.165) is 26.8 Å². The third kappa shape index (κ3) is 4.03. The van der Waals surface area contributed by atoms with E-state index in [1.807, 2.05) is 5.32 Å². The first-order valence-electron chi connectivity index (χ1n) is 6.67. The van der Waals surface area contributed by atoms with E-state index in [4.69, 9.17) is 0 Å². The lowest BCUT2D eigenvalue weighted by Crippen LogP contribution is -2.54. The Labute approximate surface area is 138 Å². The van der Waals surface area contributed by atoms with Gasteiger partial charge in [0.15, 0.2) is 0 Å². The summed E-state index contributed by atoms with van der Waals surface area (Å²) in [6.07, 6.45) is -12.0. The van der Waals surface area contributed by atoms with Crippen LogP contribution in [-0.2, 0) is 10.4 Å². The first-order chi connectivity index (χ1) is 11.1. The Hall–Kier alpha value is -2.30. The van der Waals surface area contributed by atoms with E-state index < -0.39 is 41.0 Å². The Morgan fingerprint density at radius 1 is 0.960 bits per heavy atom. The standard InChI is InChI=1S/C14H14F6N2O3/c1-6-5-10(22-11(24)21-8(3)23)7(2)4-9(6)12(25,13(15,16)17)14(18,19)20/h4-5,25H,1-3H3,(H2,21,22,23,24). The average Bonchev–Trinajstić information content (AvgIpc) is 2.38. The molecule has 140 valence electrons. The molecule has 5 nitrogen and oxygen atoms in total. The Kier molecular flexibility index (Phi) is 5.43. The molecule has 0 radical (unpaired) electrons. The highest BCUT2D eigenvalue weighted by molar-refractivity contribution is 6.00. The molecule has 0 aliphatic heterocycles. The quantitative estimate of drug-likeness (QED) is 0.697. The number of hydrogen-bond donors (Lipinski definition) is 3. The van der Waals surface area contributed by atoms with Crippen molar-refractivity contribution in [1.82, 2.24) is 5.32 Å². The summed E-state index contributed by atoms with van der Waals surface area (Å²) in [5.74, 6) is -0.716. The van der Waals surface area contributed by atoms with Crippen LogP contribution in [0.1, 0.15) is 23.6 Å². The molecule has 1 rings (SSSR count). The van der Waals surface area contributed by atoms with Gasteiger partial charge in [-0.25, -0.2) is 4.79 Å². The van der Waals surface area contributed by atoms with Crippen molar-refractivity contribution in [2.24, 2.45) is 0 Å². The van der Waals surface area contributed by atoms with Gasteiger partial charge >= 0.3 is 18.4 Å². The van der Waals surface area contributed by atoms with Gasteiger partial charge in [0.25, 0.3) is 5.60 Å². The van der Waals surface area contributed by atoms with Crippen LogP contribution in [0, 0.1) is 13.8 Å². The first-order valence-corrected chi connectivity index (χ1v) is 6.67. The van der Waals surface area contributed by atoms with E-state index >= 15 is 0 Å². The molecule has 0 atom stereocenters. The van der Waals surface area contributed by atoms with Crippen LogP contribution in [-0.4, -0.2) is 29.4 Å². The van der Waals surface area contributed by atoms with Gasteiger partial charge in [-0.05, 0) is 31.0 Å². The van der Waals surface area contributed by atoms with Crippen molar-refractivity contribution in [3.8, 4) is 0 Å². The van der Waals surface area contributed by atoms with Crippen molar-refractivity contribution < 1.29 is 41.0 Å². The summed E-state index contributed by atoms with van der Waals surface area (Å²) in [6, 6.07) is 0.316. The molecule has 0 saturated carbocycles. The number of nitrogens with one attached hydrogen (secondary N) is 2. The number of imide groups is 1. The van der Waals surface area contributed by atoms with E-state index in [2.05, 4.69) is 5.32 Å². The van der Waals surface area contributed by atoms with Crippen molar-refractivity contribution in [2.45, 2.75) is 38.7 Å². The lowest BCUT2D eigenvalue weighted by molar-refractivity contribution is -0.376. The molecule has 0 aliphatic carbocycles. The van der Waals surface area contributed by atoms with Crippen LogP contribution >= 0.6 is 0 Å². The number of carbonyl (C=O) groups is 2. The fraction of sp³-hybridized carbons (Fsp3) is 0.429. The maximum atomic E-state index is 13.0. The summed E-state index contributed by atoms with van der Waals surface area (Å²) in [6.45, 7) is 3.10. The van der Waals surface area contributed by atoms with E-state index in [1.165, 1.54) is 0 Å².